The Kier molecular flexibility index (Phi) is 2.82. The molecule has 0 aliphatic carbocycles. The average Bonchev–Trinajstić information content (AvgIpc) is 1.98. The Balaban J connectivity index is 2.97. The highest BCUT2D eigenvalue weighted by molar-refractivity contribution is 5.98. The minimum atomic E-state index is 0.122. The molecule has 0 bridgehead atoms. The maximum Gasteiger partial charge on any atom is 0.0401 e. The molecule has 1 aliphatic rings. The van der Waals surface area contributed by atoms with E-state index >= 15 is 0 Å². The molecule has 12 heavy (non-hydrogen) atoms. The Morgan fingerprint density at radius 3 is 2.75 bits per heavy atom. The highest BCUT2D eigenvalue weighted by Gasteiger charge is 2.03. The van der Waals surface area contributed by atoms with Crippen LogP contribution in [-0.4, -0.2) is 11.8 Å². The van der Waals surface area contributed by atoms with Crippen LogP contribution < -0.4 is 5.73 Å². The van der Waals surface area contributed by atoms with Crippen molar-refractivity contribution in [2.75, 3.05) is 0 Å². The van der Waals surface area contributed by atoms with E-state index in [4.69, 9.17) is 5.73 Å². The topological polar surface area (TPSA) is 38.4 Å². The lowest BCUT2D eigenvalue weighted by atomic mass is 10.1. The minimum absolute atomic E-state index is 0.122. The van der Waals surface area contributed by atoms with E-state index in [0.29, 0.717) is 0 Å². The van der Waals surface area contributed by atoms with E-state index < -0.39 is 0 Å². The van der Waals surface area contributed by atoms with Gasteiger partial charge in [-0.3, -0.25) is 4.99 Å². The zero-order valence-electron chi connectivity index (χ0n) is 7.96. The fourth-order valence-corrected chi connectivity index (χ4v) is 1.23. The zero-order chi connectivity index (χ0) is 9.14. The summed E-state index contributed by atoms with van der Waals surface area (Å²) in [6, 6.07) is 0.122. The molecule has 0 aromatic carbocycles. The van der Waals surface area contributed by atoms with Crippen LogP contribution in [-0.2, 0) is 0 Å². The molecule has 0 saturated heterocycles. The quantitative estimate of drug-likeness (QED) is 0.584. The summed E-state index contributed by atoms with van der Waals surface area (Å²) in [4.78, 5) is 4.40. The van der Waals surface area contributed by atoms with Crippen molar-refractivity contribution in [3.05, 3.63) is 23.4 Å². The molecule has 1 heterocycles. The molecule has 1 unspecified atom stereocenters. The first-order valence-electron chi connectivity index (χ1n) is 4.26. The van der Waals surface area contributed by atoms with Crippen molar-refractivity contribution < 1.29 is 0 Å². The van der Waals surface area contributed by atoms with Gasteiger partial charge in [0.2, 0.25) is 0 Å². The number of aliphatic imine (C=N–C) groups is 1. The lowest BCUT2D eigenvalue weighted by Gasteiger charge is -2.10. The van der Waals surface area contributed by atoms with Crippen molar-refractivity contribution in [2.45, 2.75) is 33.2 Å². The van der Waals surface area contributed by atoms with Crippen molar-refractivity contribution in [3.63, 3.8) is 0 Å². The summed E-state index contributed by atoms with van der Waals surface area (Å²) >= 11 is 0. The van der Waals surface area contributed by atoms with Crippen molar-refractivity contribution >= 4 is 5.71 Å². The van der Waals surface area contributed by atoms with E-state index in [9.17, 15) is 0 Å². The van der Waals surface area contributed by atoms with E-state index in [2.05, 4.69) is 18.0 Å². The third kappa shape index (κ3) is 2.31. The van der Waals surface area contributed by atoms with Gasteiger partial charge in [0.1, 0.15) is 0 Å². The third-order valence-corrected chi connectivity index (χ3v) is 2.07. The second kappa shape index (κ2) is 3.68. The molecule has 0 radical (unpaired) electrons. The van der Waals surface area contributed by atoms with Crippen molar-refractivity contribution in [1.29, 1.82) is 0 Å². The monoisotopic (exact) mass is 164 g/mol. The fourth-order valence-electron chi connectivity index (χ4n) is 1.23. The minimum Gasteiger partial charge on any atom is -0.324 e. The van der Waals surface area contributed by atoms with Gasteiger partial charge in [0.15, 0.2) is 0 Å². The van der Waals surface area contributed by atoms with Crippen LogP contribution in [0.15, 0.2) is 28.4 Å². The maximum absolute atomic E-state index is 5.81. The van der Waals surface area contributed by atoms with Crippen LogP contribution in [0.5, 0.6) is 0 Å². The molecule has 0 fully saturated rings. The van der Waals surface area contributed by atoms with E-state index in [1.807, 2.05) is 19.9 Å². The van der Waals surface area contributed by atoms with Crippen LogP contribution in [0.25, 0.3) is 0 Å². The summed E-state index contributed by atoms with van der Waals surface area (Å²) in [6.07, 6.45) is 5.06. The first kappa shape index (κ1) is 9.20. The van der Waals surface area contributed by atoms with E-state index in [0.717, 1.165) is 17.8 Å². The SMILES string of the molecule is CC1=CC(N)C/C=C(/C)C(C)=N1. The van der Waals surface area contributed by atoms with Crippen molar-refractivity contribution in [2.24, 2.45) is 10.7 Å². The first-order valence-corrected chi connectivity index (χ1v) is 4.26. The number of nitrogens with two attached hydrogens (primary N) is 1. The number of hydrogen-bond acceptors (Lipinski definition) is 2. The smallest absolute Gasteiger partial charge is 0.0401 e. The van der Waals surface area contributed by atoms with Crippen LogP contribution in [0.2, 0.25) is 0 Å². The largest absolute Gasteiger partial charge is 0.324 e. The molecule has 0 spiro atoms. The predicted octanol–water partition coefficient (Wildman–Crippen LogP) is 2.03. The van der Waals surface area contributed by atoms with Gasteiger partial charge >= 0.3 is 0 Å². The van der Waals surface area contributed by atoms with Gasteiger partial charge in [-0.15, -0.1) is 0 Å². The highest BCUT2D eigenvalue weighted by Crippen LogP contribution is 2.10. The maximum atomic E-state index is 5.81. The summed E-state index contributed by atoms with van der Waals surface area (Å²) in [6.45, 7) is 6.09. The van der Waals surface area contributed by atoms with Crippen LogP contribution in [0.3, 0.4) is 0 Å². The molecule has 2 nitrogen and oxygen atoms in total. The highest BCUT2D eigenvalue weighted by atomic mass is 14.8. The van der Waals surface area contributed by atoms with Crippen LogP contribution in [0.1, 0.15) is 27.2 Å². The summed E-state index contributed by atoms with van der Waals surface area (Å²) in [5.74, 6) is 0. The lowest BCUT2D eigenvalue weighted by molar-refractivity contribution is 0.819. The Labute approximate surface area is 73.9 Å². The summed E-state index contributed by atoms with van der Waals surface area (Å²) in [5, 5.41) is 0. The molecular weight excluding hydrogens is 148 g/mol. The Hall–Kier alpha value is -0.890. The second-order valence-corrected chi connectivity index (χ2v) is 3.29. The van der Waals surface area contributed by atoms with Gasteiger partial charge in [-0.1, -0.05) is 6.08 Å². The Morgan fingerprint density at radius 2 is 2.08 bits per heavy atom. The van der Waals surface area contributed by atoms with Gasteiger partial charge < -0.3 is 5.73 Å². The molecule has 0 aromatic heterocycles. The van der Waals surface area contributed by atoms with E-state index in [1.54, 1.807) is 0 Å². The molecule has 0 amide bonds. The third-order valence-electron chi connectivity index (χ3n) is 2.07. The van der Waals surface area contributed by atoms with Crippen molar-refractivity contribution in [3.8, 4) is 0 Å². The van der Waals surface area contributed by atoms with E-state index in [-0.39, 0.29) is 6.04 Å². The van der Waals surface area contributed by atoms with Crippen LogP contribution in [0.4, 0.5) is 0 Å². The molecule has 66 valence electrons. The molecule has 2 N–H and O–H groups in total. The molecule has 0 saturated carbocycles. The lowest BCUT2D eigenvalue weighted by Crippen LogP contribution is -2.17. The molecule has 2 heteroatoms. The molecular formula is C10H16N2. The number of hydrogen-bond donors (Lipinski definition) is 1. The summed E-state index contributed by atoms with van der Waals surface area (Å²) in [5.41, 5.74) is 9.16. The van der Waals surface area contributed by atoms with Crippen LogP contribution >= 0.6 is 0 Å². The fraction of sp³-hybridized carbons (Fsp3) is 0.500. The van der Waals surface area contributed by atoms with Crippen LogP contribution in [0, 0.1) is 0 Å². The van der Waals surface area contributed by atoms with E-state index in [1.165, 1.54) is 5.57 Å². The molecule has 1 atom stereocenters. The average molecular weight is 164 g/mol. The zero-order valence-corrected chi connectivity index (χ0v) is 7.96. The van der Waals surface area contributed by atoms with Crippen molar-refractivity contribution in [1.82, 2.24) is 0 Å². The second-order valence-electron chi connectivity index (χ2n) is 3.29. The van der Waals surface area contributed by atoms with Gasteiger partial charge in [0, 0.05) is 17.5 Å². The Morgan fingerprint density at radius 1 is 1.42 bits per heavy atom. The normalized spacial score (nSPS) is 29.3. The summed E-state index contributed by atoms with van der Waals surface area (Å²) < 4.78 is 0. The molecule has 1 rings (SSSR count). The number of nitrogens with zero attached hydrogens (tertiary/aromatic N) is 1. The molecule has 1 aliphatic heterocycles. The number of rotatable bonds is 0. The van der Waals surface area contributed by atoms with Gasteiger partial charge in [0.25, 0.3) is 0 Å². The summed E-state index contributed by atoms with van der Waals surface area (Å²) in [7, 11) is 0. The molecule has 0 aromatic rings. The predicted molar refractivity (Wildman–Crippen MR) is 53.2 cm³/mol. The van der Waals surface area contributed by atoms with Gasteiger partial charge in [-0.05, 0) is 38.8 Å². The van der Waals surface area contributed by atoms with Gasteiger partial charge in [-0.2, -0.15) is 0 Å². The van der Waals surface area contributed by atoms with Gasteiger partial charge in [0.05, 0.1) is 0 Å². The van der Waals surface area contributed by atoms with Gasteiger partial charge in [-0.25, -0.2) is 0 Å². The number of allylic oxidation sites excluding steroid dienone is 2. The standard InChI is InChI=1S/C10H16N2/c1-7-4-5-10(11)6-8(2)12-9(7)3/h4,6,10H,5,11H2,1-3H3/b7-4-,8-6?,12-9?. The first-order chi connectivity index (χ1) is 5.59. The Bertz CT molecular complexity index is 259.